The average Bonchev–Trinajstić information content (AvgIpc) is 2.93. The van der Waals surface area contributed by atoms with Crippen LogP contribution in [0.5, 0.6) is 11.5 Å². The first kappa shape index (κ1) is 29.1. The lowest BCUT2D eigenvalue weighted by Gasteiger charge is -2.33. The lowest BCUT2D eigenvalue weighted by molar-refractivity contribution is 0.138. The Labute approximate surface area is 233 Å². The van der Waals surface area contributed by atoms with E-state index in [4.69, 9.17) is 11.5 Å². The summed E-state index contributed by atoms with van der Waals surface area (Å²) in [4.78, 5) is 7.41. The Bertz CT molecular complexity index is 1220. The number of phenols is 2. The fraction of sp³-hybridized carbons (Fsp3) is 0.438. The van der Waals surface area contributed by atoms with E-state index < -0.39 is 0 Å². The first-order chi connectivity index (χ1) is 18.9. The van der Waals surface area contributed by atoms with Crippen LogP contribution >= 0.6 is 0 Å². The Morgan fingerprint density at radius 3 is 1.46 bits per heavy atom. The van der Waals surface area contributed by atoms with E-state index in [-0.39, 0.29) is 0 Å². The highest BCUT2D eigenvalue weighted by Gasteiger charge is 2.19. The van der Waals surface area contributed by atoms with Crippen LogP contribution in [0.4, 0.5) is 0 Å². The molecule has 0 atom stereocenters. The van der Waals surface area contributed by atoms with Gasteiger partial charge >= 0.3 is 0 Å². The van der Waals surface area contributed by atoms with Crippen molar-refractivity contribution in [3.63, 3.8) is 0 Å². The van der Waals surface area contributed by atoms with Gasteiger partial charge in [0.25, 0.3) is 0 Å². The second kappa shape index (κ2) is 13.9. The molecule has 0 spiro atoms. The number of nitrogens with zero attached hydrogens (tertiary/aromatic N) is 3. The predicted octanol–water partition coefficient (Wildman–Crippen LogP) is 3.84. The number of aromatic hydroxyl groups is 2. The van der Waals surface area contributed by atoms with Crippen LogP contribution in [0.2, 0.25) is 0 Å². The Kier molecular flexibility index (Phi) is 10.4. The van der Waals surface area contributed by atoms with Gasteiger partial charge < -0.3 is 21.7 Å². The first-order valence-corrected chi connectivity index (χ1v) is 14.1. The summed E-state index contributed by atoms with van der Waals surface area (Å²) in [6.45, 7) is 12.6. The minimum Gasteiger partial charge on any atom is -0.507 e. The van der Waals surface area contributed by atoms with Gasteiger partial charge in [-0.15, -0.1) is 0 Å². The molecule has 1 aliphatic rings. The number of nitrogens with two attached hydrogens (primary N) is 2. The summed E-state index contributed by atoms with van der Waals surface area (Å²) in [6, 6.07) is 18.7. The minimum absolute atomic E-state index is 0.317. The third-order valence-corrected chi connectivity index (χ3v) is 7.71. The second-order valence-electron chi connectivity index (χ2n) is 10.9. The highest BCUT2D eigenvalue weighted by Crippen LogP contribution is 2.27. The molecule has 7 heteroatoms. The largest absolute Gasteiger partial charge is 0.507 e. The second-order valence-corrected chi connectivity index (χ2v) is 10.9. The highest BCUT2D eigenvalue weighted by molar-refractivity contribution is 5.44. The van der Waals surface area contributed by atoms with Gasteiger partial charge in [-0.25, -0.2) is 0 Å². The summed E-state index contributed by atoms with van der Waals surface area (Å²) in [5.41, 5.74) is 18.8. The van der Waals surface area contributed by atoms with E-state index >= 15 is 0 Å². The van der Waals surface area contributed by atoms with Crippen LogP contribution in [0, 0.1) is 13.8 Å². The molecule has 39 heavy (non-hydrogen) atoms. The van der Waals surface area contributed by atoms with Crippen LogP contribution in [-0.2, 0) is 32.7 Å². The van der Waals surface area contributed by atoms with Gasteiger partial charge in [0.05, 0.1) is 0 Å². The molecule has 0 amide bonds. The van der Waals surface area contributed by atoms with Crippen molar-refractivity contribution in [1.29, 1.82) is 0 Å². The zero-order valence-electron chi connectivity index (χ0n) is 23.6. The van der Waals surface area contributed by atoms with Crippen molar-refractivity contribution < 1.29 is 10.2 Å². The lowest BCUT2D eigenvalue weighted by Crippen LogP contribution is -2.42. The Hall–Kier alpha value is -2.94. The van der Waals surface area contributed by atoms with Crippen LogP contribution in [0.1, 0.15) is 45.4 Å². The molecule has 3 aromatic rings. The van der Waals surface area contributed by atoms with Crippen LogP contribution in [0.15, 0.2) is 54.6 Å². The maximum absolute atomic E-state index is 10.9. The average molecular weight is 532 g/mol. The van der Waals surface area contributed by atoms with Crippen molar-refractivity contribution in [1.82, 2.24) is 14.7 Å². The fourth-order valence-electron chi connectivity index (χ4n) is 5.64. The van der Waals surface area contributed by atoms with Crippen molar-refractivity contribution in [2.45, 2.75) is 53.0 Å². The summed E-state index contributed by atoms with van der Waals surface area (Å²) in [5.74, 6) is 0.638. The number of hydrogen-bond acceptors (Lipinski definition) is 7. The molecule has 0 aromatic heterocycles. The molecule has 0 unspecified atom stereocenters. The van der Waals surface area contributed by atoms with Gasteiger partial charge in [0.1, 0.15) is 11.5 Å². The quantitative estimate of drug-likeness (QED) is 0.350. The number of aryl methyl sites for hydroxylation is 2. The molecule has 4 rings (SSSR count). The summed E-state index contributed by atoms with van der Waals surface area (Å²) in [5, 5.41) is 21.8. The SMILES string of the molecule is Cc1cc(CN)c(O)c(CN2CCCN(Cc3ccccc3)CCN(Cc3cc(C)cc(CN)c3O)CC2)c1. The number of phenolic OH excluding ortho intramolecular Hbond substituents is 2. The summed E-state index contributed by atoms with van der Waals surface area (Å²) in [6.07, 6.45) is 1.06. The molecule has 0 saturated carbocycles. The van der Waals surface area contributed by atoms with Gasteiger partial charge in [-0.2, -0.15) is 0 Å². The van der Waals surface area contributed by atoms with Crippen molar-refractivity contribution in [3.05, 3.63) is 93.5 Å². The van der Waals surface area contributed by atoms with Crippen LogP contribution in [-0.4, -0.2) is 64.2 Å². The highest BCUT2D eigenvalue weighted by atomic mass is 16.3. The number of benzene rings is 3. The molecule has 0 radical (unpaired) electrons. The van der Waals surface area contributed by atoms with E-state index in [1.54, 1.807) is 0 Å². The van der Waals surface area contributed by atoms with Gasteiger partial charge in [0.15, 0.2) is 0 Å². The zero-order valence-corrected chi connectivity index (χ0v) is 23.6. The minimum atomic E-state index is 0.317. The Morgan fingerprint density at radius 1 is 0.590 bits per heavy atom. The van der Waals surface area contributed by atoms with E-state index in [9.17, 15) is 10.2 Å². The summed E-state index contributed by atoms with van der Waals surface area (Å²) >= 11 is 0. The van der Waals surface area contributed by atoms with Gasteiger partial charge in [-0.1, -0.05) is 65.7 Å². The maximum Gasteiger partial charge on any atom is 0.124 e. The van der Waals surface area contributed by atoms with Crippen LogP contribution in [0.25, 0.3) is 0 Å². The van der Waals surface area contributed by atoms with Crippen LogP contribution < -0.4 is 11.5 Å². The molecule has 1 aliphatic heterocycles. The molecule has 0 bridgehead atoms. The fourth-order valence-corrected chi connectivity index (χ4v) is 5.64. The van der Waals surface area contributed by atoms with Gasteiger partial charge in [-0.05, 0) is 38.9 Å². The van der Waals surface area contributed by atoms with Crippen molar-refractivity contribution in [2.75, 3.05) is 39.3 Å². The summed E-state index contributed by atoms with van der Waals surface area (Å²) in [7, 11) is 0. The van der Waals surface area contributed by atoms with Gasteiger partial charge in [0, 0.05) is 81.2 Å². The Balaban J connectivity index is 1.55. The monoisotopic (exact) mass is 531 g/mol. The van der Waals surface area contributed by atoms with Gasteiger partial charge in [-0.3, -0.25) is 14.7 Å². The standard InChI is InChI=1S/C32H45N5O2/c1-24-15-27(19-33)31(38)29(17-24)22-36-10-6-9-35(21-26-7-4-3-5-8-26)11-13-37(14-12-36)23-30-18-25(2)16-28(20-34)32(30)39/h3-5,7-8,15-18,38-39H,6,9-14,19-23,33-34H2,1-2H3. The summed E-state index contributed by atoms with van der Waals surface area (Å²) < 4.78 is 0. The van der Waals surface area contributed by atoms with Crippen molar-refractivity contribution in [3.8, 4) is 11.5 Å². The van der Waals surface area contributed by atoms with E-state index in [0.717, 1.165) is 85.6 Å². The smallest absolute Gasteiger partial charge is 0.124 e. The first-order valence-electron chi connectivity index (χ1n) is 14.1. The molecule has 1 heterocycles. The molecule has 210 valence electrons. The maximum atomic E-state index is 10.9. The van der Waals surface area contributed by atoms with E-state index in [0.29, 0.717) is 37.7 Å². The van der Waals surface area contributed by atoms with Crippen molar-refractivity contribution >= 4 is 0 Å². The third-order valence-electron chi connectivity index (χ3n) is 7.71. The third kappa shape index (κ3) is 8.03. The van der Waals surface area contributed by atoms with E-state index in [1.807, 2.05) is 12.1 Å². The number of rotatable bonds is 8. The lowest BCUT2D eigenvalue weighted by atomic mass is 10.0. The molecule has 6 N–H and O–H groups in total. The predicted molar refractivity (Wildman–Crippen MR) is 158 cm³/mol. The van der Waals surface area contributed by atoms with Gasteiger partial charge in [0.2, 0.25) is 0 Å². The Morgan fingerprint density at radius 2 is 1.00 bits per heavy atom. The van der Waals surface area contributed by atoms with E-state index in [2.05, 4.69) is 71.0 Å². The number of hydrogen-bond donors (Lipinski definition) is 4. The molecule has 0 aliphatic carbocycles. The zero-order chi connectivity index (χ0) is 27.8. The molecular weight excluding hydrogens is 486 g/mol. The van der Waals surface area contributed by atoms with Crippen molar-refractivity contribution in [2.24, 2.45) is 11.5 Å². The topological polar surface area (TPSA) is 102 Å². The molecular formula is C32H45N5O2. The van der Waals surface area contributed by atoms with E-state index in [1.165, 1.54) is 5.56 Å². The molecule has 3 aromatic carbocycles. The molecule has 7 nitrogen and oxygen atoms in total. The molecule has 1 fully saturated rings. The van der Waals surface area contributed by atoms with Crippen LogP contribution in [0.3, 0.4) is 0 Å². The normalized spacial score (nSPS) is 16.4. The molecule has 1 saturated heterocycles.